The molecule has 0 saturated carbocycles. The van der Waals surface area contributed by atoms with Gasteiger partial charge in [-0.25, -0.2) is 0 Å². The molecule has 5 aromatic carbocycles. The molecule has 6 rings (SSSR count). The first-order valence-electron chi connectivity index (χ1n) is 9.63. The number of thiophene rings is 1. The quantitative estimate of drug-likeness (QED) is 0.254. The third-order valence-corrected chi connectivity index (χ3v) is 7.01. The third-order valence-electron chi connectivity index (χ3n) is 5.87. The maximum absolute atomic E-state index is 2.30. The van der Waals surface area contributed by atoms with Crippen molar-refractivity contribution in [3.8, 4) is 11.1 Å². The Morgan fingerprint density at radius 2 is 1.04 bits per heavy atom. The number of hydrogen-bond acceptors (Lipinski definition) is 1. The second kappa shape index (κ2) is 5.92. The molecular weight excluding hydrogens is 356 g/mol. The molecule has 0 aliphatic heterocycles. The molecule has 28 heavy (non-hydrogen) atoms. The SMILES string of the molecule is Cc1c2ccccc2c(-c2cccc3sc4ccccc4c23)c2ccccc12. The van der Waals surface area contributed by atoms with Gasteiger partial charge in [0.15, 0.2) is 0 Å². The van der Waals surface area contributed by atoms with Gasteiger partial charge in [0.2, 0.25) is 0 Å². The molecule has 0 radical (unpaired) electrons. The first-order valence-corrected chi connectivity index (χ1v) is 10.5. The Labute approximate surface area is 167 Å². The van der Waals surface area contributed by atoms with Gasteiger partial charge < -0.3 is 0 Å². The van der Waals surface area contributed by atoms with Crippen LogP contribution < -0.4 is 0 Å². The molecule has 0 unspecified atom stereocenters. The van der Waals surface area contributed by atoms with Crippen molar-refractivity contribution in [2.75, 3.05) is 0 Å². The Balaban J connectivity index is 1.90. The lowest BCUT2D eigenvalue weighted by Gasteiger charge is -2.16. The van der Waals surface area contributed by atoms with Gasteiger partial charge in [0.1, 0.15) is 0 Å². The van der Waals surface area contributed by atoms with Crippen LogP contribution in [-0.4, -0.2) is 0 Å². The Morgan fingerprint density at radius 1 is 0.500 bits per heavy atom. The van der Waals surface area contributed by atoms with Gasteiger partial charge >= 0.3 is 0 Å². The van der Waals surface area contributed by atoms with E-state index in [1.54, 1.807) is 0 Å². The molecule has 0 aliphatic rings. The van der Waals surface area contributed by atoms with E-state index in [4.69, 9.17) is 0 Å². The van der Waals surface area contributed by atoms with Crippen LogP contribution in [0.2, 0.25) is 0 Å². The number of aryl methyl sites for hydroxylation is 1. The summed E-state index contributed by atoms with van der Waals surface area (Å²) in [5, 5.41) is 8.08. The van der Waals surface area contributed by atoms with E-state index >= 15 is 0 Å². The van der Waals surface area contributed by atoms with Gasteiger partial charge in [0.25, 0.3) is 0 Å². The van der Waals surface area contributed by atoms with E-state index in [9.17, 15) is 0 Å². The van der Waals surface area contributed by atoms with Crippen LogP contribution in [0.25, 0.3) is 52.8 Å². The van der Waals surface area contributed by atoms with Crippen molar-refractivity contribution in [2.45, 2.75) is 6.92 Å². The van der Waals surface area contributed by atoms with Crippen molar-refractivity contribution >= 4 is 53.1 Å². The molecular formula is C27H18S. The summed E-state index contributed by atoms with van der Waals surface area (Å²) in [4.78, 5) is 0. The molecule has 1 heteroatoms. The van der Waals surface area contributed by atoms with Crippen LogP contribution >= 0.6 is 11.3 Å². The van der Waals surface area contributed by atoms with Gasteiger partial charge in [-0.05, 0) is 57.3 Å². The average Bonchev–Trinajstić information content (AvgIpc) is 3.13. The van der Waals surface area contributed by atoms with Crippen molar-refractivity contribution < 1.29 is 0 Å². The van der Waals surface area contributed by atoms with E-state index in [-0.39, 0.29) is 0 Å². The summed E-state index contributed by atoms with van der Waals surface area (Å²) in [5.41, 5.74) is 4.05. The van der Waals surface area contributed by atoms with E-state index in [1.807, 2.05) is 11.3 Å². The van der Waals surface area contributed by atoms with Crippen LogP contribution in [0.15, 0.2) is 91.0 Å². The van der Waals surface area contributed by atoms with Crippen LogP contribution in [0.4, 0.5) is 0 Å². The van der Waals surface area contributed by atoms with Crippen molar-refractivity contribution in [1.29, 1.82) is 0 Å². The highest BCUT2D eigenvalue weighted by Crippen LogP contribution is 2.45. The monoisotopic (exact) mass is 374 g/mol. The zero-order valence-corrected chi connectivity index (χ0v) is 16.4. The van der Waals surface area contributed by atoms with Gasteiger partial charge in [0, 0.05) is 20.2 Å². The van der Waals surface area contributed by atoms with Gasteiger partial charge in [-0.15, -0.1) is 11.3 Å². The molecule has 1 heterocycles. The summed E-state index contributed by atoms with van der Waals surface area (Å²) in [6.45, 7) is 2.25. The highest BCUT2D eigenvalue weighted by molar-refractivity contribution is 7.25. The minimum Gasteiger partial charge on any atom is -0.135 e. The van der Waals surface area contributed by atoms with E-state index < -0.39 is 0 Å². The largest absolute Gasteiger partial charge is 0.135 e. The Hall–Kier alpha value is -3.16. The summed E-state index contributed by atoms with van der Waals surface area (Å²) >= 11 is 1.88. The number of fused-ring (bicyclic) bond motifs is 5. The minimum atomic E-state index is 1.33. The fraction of sp³-hybridized carbons (Fsp3) is 0.0370. The van der Waals surface area contributed by atoms with Crippen molar-refractivity contribution in [3.63, 3.8) is 0 Å². The summed E-state index contributed by atoms with van der Waals surface area (Å²) in [5.74, 6) is 0. The fourth-order valence-corrected chi connectivity index (χ4v) is 5.75. The lowest BCUT2D eigenvalue weighted by Crippen LogP contribution is -1.89. The van der Waals surface area contributed by atoms with Gasteiger partial charge in [0.05, 0.1) is 0 Å². The summed E-state index contributed by atoms with van der Waals surface area (Å²) in [6, 6.07) is 33.2. The van der Waals surface area contributed by atoms with Crippen LogP contribution in [0.5, 0.6) is 0 Å². The topological polar surface area (TPSA) is 0 Å². The number of benzene rings is 5. The first-order chi connectivity index (χ1) is 13.8. The molecule has 0 nitrogen and oxygen atoms in total. The first kappa shape index (κ1) is 15.9. The normalized spacial score (nSPS) is 11.8. The molecule has 6 aromatic rings. The zero-order valence-electron chi connectivity index (χ0n) is 15.6. The third kappa shape index (κ3) is 2.11. The molecule has 132 valence electrons. The molecule has 0 aliphatic carbocycles. The molecule has 1 aromatic heterocycles. The lowest BCUT2D eigenvalue weighted by molar-refractivity contribution is 1.58. The van der Waals surface area contributed by atoms with Crippen molar-refractivity contribution in [3.05, 3.63) is 96.6 Å². The molecule has 0 N–H and O–H groups in total. The molecule has 0 amide bonds. The number of rotatable bonds is 1. The van der Waals surface area contributed by atoms with E-state index in [1.165, 1.54) is 58.4 Å². The standard InChI is InChI=1S/C27H18S/c1-17-18-9-2-4-11-20(18)26(21-12-5-3-10-19(17)21)23-14-8-16-25-27(23)22-13-6-7-15-24(22)28-25/h2-16H,1H3. The Morgan fingerprint density at radius 3 is 1.71 bits per heavy atom. The van der Waals surface area contributed by atoms with E-state index in [0.29, 0.717) is 0 Å². The van der Waals surface area contributed by atoms with Crippen molar-refractivity contribution in [1.82, 2.24) is 0 Å². The maximum Gasteiger partial charge on any atom is 0.0361 e. The second-order valence-electron chi connectivity index (χ2n) is 7.37. The predicted molar refractivity (Wildman–Crippen MR) is 125 cm³/mol. The van der Waals surface area contributed by atoms with Gasteiger partial charge in [-0.2, -0.15) is 0 Å². The molecule has 0 bridgehead atoms. The van der Waals surface area contributed by atoms with Crippen LogP contribution in [0.1, 0.15) is 5.56 Å². The molecule has 0 atom stereocenters. The summed E-state index contributed by atoms with van der Waals surface area (Å²) < 4.78 is 2.71. The summed E-state index contributed by atoms with van der Waals surface area (Å²) in [7, 11) is 0. The number of hydrogen-bond donors (Lipinski definition) is 0. The highest BCUT2D eigenvalue weighted by atomic mass is 32.1. The predicted octanol–water partition coefficient (Wildman–Crippen LogP) is 8.34. The smallest absolute Gasteiger partial charge is 0.0361 e. The van der Waals surface area contributed by atoms with Gasteiger partial charge in [-0.3, -0.25) is 0 Å². The minimum absolute atomic E-state index is 1.33. The van der Waals surface area contributed by atoms with E-state index in [2.05, 4.69) is 97.9 Å². The lowest BCUT2D eigenvalue weighted by atomic mass is 9.87. The summed E-state index contributed by atoms with van der Waals surface area (Å²) in [6.07, 6.45) is 0. The Bertz CT molecular complexity index is 1460. The van der Waals surface area contributed by atoms with E-state index in [0.717, 1.165) is 0 Å². The molecule has 0 fully saturated rings. The Kier molecular flexibility index (Phi) is 3.35. The zero-order chi connectivity index (χ0) is 18.7. The molecule has 0 spiro atoms. The highest BCUT2D eigenvalue weighted by Gasteiger charge is 2.16. The van der Waals surface area contributed by atoms with Crippen LogP contribution in [-0.2, 0) is 0 Å². The van der Waals surface area contributed by atoms with Crippen LogP contribution in [0, 0.1) is 6.92 Å². The van der Waals surface area contributed by atoms with Crippen molar-refractivity contribution in [2.24, 2.45) is 0 Å². The fourth-order valence-electron chi connectivity index (χ4n) is 4.62. The maximum atomic E-state index is 2.30. The van der Waals surface area contributed by atoms with Crippen LogP contribution in [0.3, 0.4) is 0 Å². The van der Waals surface area contributed by atoms with Gasteiger partial charge in [-0.1, -0.05) is 78.9 Å². The second-order valence-corrected chi connectivity index (χ2v) is 8.45. The molecule has 0 saturated heterocycles. The average molecular weight is 375 g/mol.